The van der Waals surface area contributed by atoms with Crippen molar-refractivity contribution in [3.63, 3.8) is 0 Å². The minimum atomic E-state index is 0.190. The van der Waals surface area contributed by atoms with Crippen molar-refractivity contribution in [1.29, 1.82) is 0 Å². The maximum absolute atomic E-state index is 4.81. The molecule has 0 aliphatic carbocycles. The molecule has 0 fully saturated rings. The van der Waals surface area contributed by atoms with Crippen LogP contribution in [-0.2, 0) is 0 Å². The monoisotopic (exact) mass is 156 g/mol. The van der Waals surface area contributed by atoms with E-state index in [9.17, 15) is 0 Å². The summed E-state index contributed by atoms with van der Waals surface area (Å²) in [5.41, 5.74) is 1.43. The van der Waals surface area contributed by atoms with Gasteiger partial charge in [0.05, 0.1) is 0 Å². The first-order chi connectivity index (χ1) is 4.39. The van der Waals surface area contributed by atoms with Gasteiger partial charge in [0.15, 0.2) is 0 Å². The van der Waals surface area contributed by atoms with Gasteiger partial charge in [0, 0.05) is 0 Å². The summed E-state index contributed by atoms with van der Waals surface area (Å²) in [5, 5.41) is 2.84. The van der Waals surface area contributed by atoms with Gasteiger partial charge in [-0.15, -0.1) is 0 Å². The summed E-state index contributed by atoms with van der Waals surface area (Å²) in [7, 11) is 0. The molecule has 1 heteroatoms. The standard InChI is InChI=1S/C9H16S/c1-7(2)8(6-10)9(3,4)5/h7H,1-5H3. The molecule has 0 N–H and O–H groups in total. The normalized spacial score (nSPS) is 11.4. The molecule has 0 heterocycles. The van der Waals surface area contributed by atoms with Crippen LogP contribution in [0.5, 0.6) is 0 Å². The second-order valence-electron chi connectivity index (χ2n) is 3.92. The fourth-order valence-corrected chi connectivity index (χ4v) is 1.68. The van der Waals surface area contributed by atoms with Crippen molar-refractivity contribution in [2.75, 3.05) is 0 Å². The maximum Gasteiger partial charge on any atom is -0.00859 e. The van der Waals surface area contributed by atoms with Crippen molar-refractivity contribution in [1.82, 2.24) is 0 Å². The summed E-state index contributed by atoms with van der Waals surface area (Å²) < 4.78 is 0. The zero-order chi connectivity index (χ0) is 8.36. The fraction of sp³-hybridized carbons (Fsp3) is 0.778. The Kier molecular flexibility index (Phi) is 3.27. The van der Waals surface area contributed by atoms with E-state index in [1.165, 1.54) is 5.57 Å². The highest BCUT2D eigenvalue weighted by Gasteiger charge is 2.19. The molecule has 0 spiro atoms. The summed E-state index contributed by atoms with van der Waals surface area (Å²) in [6, 6.07) is 0. The van der Waals surface area contributed by atoms with E-state index in [4.69, 9.17) is 12.2 Å². The Labute approximate surface area is 69.3 Å². The Morgan fingerprint density at radius 3 is 1.70 bits per heavy atom. The molecule has 58 valence electrons. The van der Waals surface area contributed by atoms with Crippen molar-refractivity contribution < 1.29 is 0 Å². The molecular formula is C9H16S. The Balaban J connectivity index is 4.57. The van der Waals surface area contributed by atoms with Gasteiger partial charge in [0.1, 0.15) is 0 Å². The lowest BCUT2D eigenvalue weighted by molar-refractivity contribution is 0.456. The molecule has 10 heavy (non-hydrogen) atoms. The summed E-state index contributed by atoms with van der Waals surface area (Å²) >= 11 is 4.81. The van der Waals surface area contributed by atoms with Crippen LogP contribution < -0.4 is 0 Å². The molecule has 0 aliphatic rings. The zero-order valence-corrected chi connectivity index (χ0v) is 8.30. The van der Waals surface area contributed by atoms with E-state index in [2.05, 4.69) is 39.6 Å². The van der Waals surface area contributed by atoms with Crippen molar-refractivity contribution in [3.8, 4) is 0 Å². The molecule has 0 aromatic heterocycles. The third-order valence-corrected chi connectivity index (χ3v) is 1.72. The van der Waals surface area contributed by atoms with Crippen LogP contribution >= 0.6 is 12.2 Å². The molecule has 0 atom stereocenters. The van der Waals surface area contributed by atoms with E-state index in [1.54, 1.807) is 0 Å². The van der Waals surface area contributed by atoms with Crippen molar-refractivity contribution in [2.45, 2.75) is 34.6 Å². The van der Waals surface area contributed by atoms with E-state index in [-0.39, 0.29) is 5.41 Å². The van der Waals surface area contributed by atoms with E-state index >= 15 is 0 Å². The predicted molar refractivity (Wildman–Crippen MR) is 50.4 cm³/mol. The molecule has 0 aromatic carbocycles. The molecule has 0 bridgehead atoms. The van der Waals surface area contributed by atoms with Gasteiger partial charge in [0.25, 0.3) is 0 Å². The highest BCUT2D eigenvalue weighted by molar-refractivity contribution is 7.78. The molecular weight excluding hydrogens is 140 g/mol. The Hall–Kier alpha value is -0.130. The van der Waals surface area contributed by atoms with Crippen LogP contribution in [-0.4, -0.2) is 5.02 Å². The highest BCUT2D eigenvalue weighted by Crippen LogP contribution is 2.28. The summed E-state index contributed by atoms with van der Waals surface area (Å²) in [6.07, 6.45) is 0. The van der Waals surface area contributed by atoms with Gasteiger partial charge in [0.2, 0.25) is 0 Å². The Morgan fingerprint density at radius 1 is 1.30 bits per heavy atom. The quantitative estimate of drug-likeness (QED) is 0.525. The smallest absolute Gasteiger partial charge is 0.00859 e. The summed E-state index contributed by atoms with van der Waals surface area (Å²) in [5.74, 6) is 0.525. The average molecular weight is 156 g/mol. The van der Waals surface area contributed by atoms with E-state index in [0.29, 0.717) is 5.92 Å². The van der Waals surface area contributed by atoms with Crippen molar-refractivity contribution in [2.24, 2.45) is 11.3 Å². The van der Waals surface area contributed by atoms with Gasteiger partial charge in [-0.1, -0.05) is 34.6 Å². The highest BCUT2D eigenvalue weighted by atomic mass is 32.1. The molecule has 0 saturated carbocycles. The lowest BCUT2D eigenvalue weighted by Crippen LogP contribution is -2.14. The zero-order valence-electron chi connectivity index (χ0n) is 7.49. The summed E-state index contributed by atoms with van der Waals surface area (Å²) in [6.45, 7) is 10.8. The van der Waals surface area contributed by atoms with Crippen LogP contribution in [0.1, 0.15) is 34.6 Å². The van der Waals surface area contributed by atoms with Gasteiger partial charge < -0.3 is 0 Å². The molecule has 0 aliphatic heterocycles. The Morgan fingerprint density at radius 2 is 1.70 bits per heavy atom. The van der Waals surface area contributed by atoms with E-state index in [1.807, 2.05) is 0 Å². The SMILES string of the molecule is CC(C)C(=C=S)C(C)(C)C. The maximum atomic E-state index is 4.81. The fourth-order valence-electron chi connectivity index (χ4n) is 1.14. The number of hydrogen-bond acceptors (Lipinski definition) is 1. The van der Waals surface area contributed by atoms with Crippen LogP contribution in [0.4, 0.5) is 0 Å². The van der Waals surface area contributed by atoms with Crippen LogP contribution in [0.25, 0.3) is 0 Å². The number of hydrogen-bond donors (Lipinski definition) is 0. The van der Waals surface area contributed by atoms with Crippen LogP contribution in [0.2, 0.25) is 0 Å². The first-order valence-corrected chi connectivity index (χ1v) is 4.06. The third-order valence-electron chi connectivity index (χ3n) is 1.50. The summed E-state index contributed by atoms with van der Waals surface area (Å²) in [4.78, 5) is 0. The molecule has 0 unspecified atom stereocenters. The average Bonchev–Trinajstić information content (AvgIpc) is 1.60. The molecule has 0 nitrogen and oxygen atoms in total. The minimum Gasteiger partial charge on any atom is -0.0583 e. The first kappa shape index (κ1) is 9.87. The Bertz CT molecular complexity index is 154. The largest absolute Gasteiger partial charge is 0.0583 e. The molecule has 0 aromatic rings. The molecule has 0 amide bonds. The lowest BCUT2D eigenvalue weighted by Gasteiger charge is -2.23. The number of rotatable bonds is 1. The van der Waals surface area contributed by atoms with E-state index < -0.39 is 0 Å². The van der Waals surface area contributed by atoms with E-state index in [0.717, 1.165) is 0 Å². The predicted octanol–water partition coefficient (Wildman–Crippen LogP) is 3.21. The van der Waals surface area contributed by atoms with Gasteiger partial charge in [-0.25, -0.2) is 0 Å². The third kappa shape index (κ3) is 2.64. The van der Waals surface area contributed by atoms with Gasteiger partial charge in [-0.05, 0) is 34.1 Å². The molecule has 0 rings (SSSR count). The van der Waals surface area contributed by atoms with Crippen molar-refractivity contribution in [3.05, 3.63) is 5.57 Å². The second kappa shape index (κ2) is 3.32. The van der Waals surface area contributed by atoms with Gasteiger partial charge >= 0.3 is 0 Å². The lowest BCUT2D eigenvalue weighted by atomic mass is 9.81. The molecule has 0 radical (unpaired) electrons. The molecule has 0 saturated heterocycles. The second-order valence-corrected chi connectivity index (χ2v) is 4.12. The number of thiocarbonyl (C=S) groups is 1. The van der Waals surface area contributed by atoms with Crippen LogP contribution in [0.3, 0.4) is 0 Å². The van der Waals surface area contributed by atoms with Gasteiger partial charge in [-0.3, -0.25) is 0 Å². The van der Waals surface area contributed by atoms with Crippen LogP contribution in [0, 0.1) is 11.3 Å². The number of allylic oxidation sites excluding steroid dienone is 1. The first-order valence-electron chi connectivity index (χ1n) is 3.65. The van der Waals surface area contributed by atoms with Gasteiger partial charge in [-0.2, -0.15) is 0 Å². The minimum absolute atomic E-state index is 0.190. The van der Waals surface area contributed by atoms with Crippen molar-refractivity contribution >= 4 is 17.2 Å². The van der Waals surface area contributed by atoms with Crippen LogP contribution in [0.15, 0.2) is 5.57 Å². The topological polar surface area (TPSA) is 0 Å².